The number of ether oxygens (including phenoxy) is 1. The lowest BCUT2D eigenvalue weighted by Crippen LogP contribution is -2.06. The van der Waals surface area contributed by atoms with Crippen molar-refractivity contribution in [2.75, 3.05) is 0 Å². The summed E-state index contributed by atoms with van der Waals surface area (Å²) in [6.45, 7) is 0. The summed E-state index contributed by atoms with van der Waals surface area (Å²) < 4.78 is 21.1. The summed E-state index contributed by atoms with van der Waals surface area (Å²) in [5.74, 6) is -0.427. The first kappa shape index (κ1) is 15.6. The van der Waals surface area contributed by atoms with Crippen molar-refractivity contribution in [3.63, 3.8) is 0 Å². The molecular weight excluding hydrogens is 375 g/mol. The van der Waals surface area contributed by atoms with Gasteiger partial charge in [-0.25, -0.2) is 4.39 Å². The first-order valence-corrected chi connectivity index (χ1v) is 8.80. The van der Waals surface area contributed by atoms with Crippen molar-refractivity contribution in [3.05, 3.63) is 63.4 Å². The minimum Gasteiger partial charge on any atom is -0.486 e. The number of carboxylic acids is 1. The lowest BCUT2D eigenvalue weighted by Gasteiger charge is -2.16. The van der Waals surface area contributed by atoms with Gasteiger partial charge in [-0.1, -0.05) is 28.1 Å². The van der Waals surface area contributed by atoms with Crippen LogP contribution in [0.2, 0.25) is 0 Å². The van der Waals surface area contributed by atoms with Gasteiger partial charge in [-0.05, 0) is 60.6 Å². The largest absolute Gasteiger partial charge is 0.486 e. The maximum atomic E-state index is 14.2. The second-order valence-corrected chi connectivity index (χ2v) is 7.28. The maximum absolute atomic E-state index is 14.2. The van der Waals surface area contributed by atoms with E-state index in [4.69, 9.17) is 9.84 Å². The Morgan fingerprint density at radius 1 is 1.21 bits per heavy atom. The molecule has 3 atom stereocenters. The second kappa shape index (κ2) is 5.88. The van der Waals surface area contributed by atoms with Crippen molar-refractivity contribution >= 4 is 21.9 Å². The molecule has 2 aliphatic carbocycles. The molecule has 0 bridgehead atoms. The van der Waals surface area contributed by atoms with Gasteiger partial charge in [-0.3, -0.25) is 4.79 Å². The van der Waals surface area contributed by atoms with Crippen molar-refractivity contribution in [2.24, 2.45) is 5.92 Å². The zero-order valence-corrected chi connectivity index (χ0v) is 14.4. The minimum atomic E-state index is -0.732. The molecular formula is C19H16BrFO3. The highest BCUT2D eigenvalue weighted by Crippen LogP contribution is 2.48. The predicted octanol–water partition coefficient (Wildman–Crippen LogP) is 4.84. The molecule has 0 radical (unpaired) electrons. The molecule has 0 amide bonds. The molecule has 24 heavy (non-hydrogen) atoms. The minimum absolute atomic E-state index is 0.108. The van der Waals surface area contributed by atoms with Gasteiger partial charge < -0.3 is 9.84 Å². The second-order valence-electron chi connectivity index (χ2n) is 6.42. The van der Waals surface area contributed by atoms with E-state index >= 15 is 0 Å². The molecule has 1 fully saturated rings. The molecule has 2 aromatic rings. The summed E-state index contributed by atoms with van der Waals surface area (Å²) in [5.41, 5.74) is 2.65. The topological polar surface area (TPSA) is 46.5 Å². The normalized spacial score (nSPS) is 24.5. The monoisotopic (exact) mass is 390 g/mol. The van der Waals surface area contributed by atoms with Crippen LogP contribution in [0.1, 0.15) is 41.6 Å². The Kier molecular flexibility index (Phi) is 3.83. The number of carbonyl (C=O) groups is 1. The predicted molar refractivity (Wildman–Crippen MR) is 90.7 cm³/mol. The number of rotatable bonds is 4. The van der Waals surface area contributed by atoms with E-state index in [1.165, 1.54) is 6.07 Å². The van der Waals surface area contributed by atoms with Gasteiger partial charge in [0.15, 0.2) is 0 Å². The Hall–Kier alpha value is -1.88. The Morgan fingerprint density at radius 2 is 1.96 bits per heavy atom. The average molecular weight is 391 g/mol. The zero-order valence-electron chi connectivity index (χ0n) is 12.8. The van der Waals surface area contributed by atoms with E-state index in [-0.39, 0.29) is 23.8 Å². The Bertz CT molecular complexity index is 803. The lowest BCUT2D eigenvalue weighted by atomic mass is 10.1. The molecule has 0 spiro atoms. The molecule has 4 rings (SSSR count). The Labute approximate surface area is 147 Å². The van der Waals surface area contributed by atoms with Crippen LogP contribution >= 0.6 is 15.9 Å². The SMILES string of the molecule is O=C(O)[C@@H]1C[C@H]1c1ccc(O[C@@H]2CCc3c(Br)ccc(F)c32)cc1. The fraction of sp³-hybridized carbons (Fsp3) is 0.316. The van der Waals surface area contributed by atoms with Crippen LogP contribution in [-0.2, 0) is 11.2 Å². The maximum Gasteiger partial charge on any atom is 0.307 e. The van der Waals surface area contributed by atoms with Gasteiger partial charge in [0.25, 0.3) is 0 Å². The average Bonchev–Trinajstić information content (AvgIpc) is 3.26. The fourth-order valence-corrected chi connectivity index (χ4v) is 4.09. The number of carboxylic acid groups (broad SMARTS) is 1. The van der Waals surface area contributed by atoms with Crippen LogP contribution in [-0.4, -0.2) is 11.1 Å². The third kappa shape index (κ3) is 2.71. The molecule has 0 heterocycles. The van der Waals surface area contributed by atoms with E-state index in [2.05, 4.69) is 15.9 Å². The van der Waals surface area contributed by atoms with Crippen LogP contribution in [0, 0.1) is 11.7 Å². The van der Waals surface area contributed by atoms with Crippen LogP contribution in [0.25, 0.3) is 0 Å². The number of hydrogen-bond acceptors (Lipinski definition) is 2. The zero-order chi connectivity index (χ0) is 16.8. The highest BCUT2D eigenvalue weighted by Gasteiger charge is 2.44. The van der Waals surface area contributed by atoms with Crippen molar-refractivity contribution in [1.29, 1.82) is 0 Å². The van der Waals surface area contributed by atoms with Crippen LogP contribution in [0.5, 0.6) is 5.75 Å². The molecule has 3 nitrogen and oxygen atoms in total. The summed E-state index contributed by atoms with van der Waals surface area (Å²) >= 11 is 3.47. The third-order valence-electron chi connectivity index (χ3n) is 4.92. The number of benzene rings is 2. The van der Waals surface area contributed by atoms with Crippen LogP contribution < -0.4 is 4.74 Å². The van der Waals surface area contributed by atoms with E-state index < -0.39 is 5.97 Å². The van der Waals surface area contributed by atoms with Crippen molar-refractivity contribution in [2.45, 2.75) is 31.3 Å². The molecule has 2 aromatic carbocycles. The van der Waals surface area contributed by atoms with Gasteiger partial charge in [-0.2, -0.15) is 0 Å². The molecule has 124 valence electrons. The highest BCUT2D eigenvalue weighted by molar-refractivity contribution is 9.10. The van der Waals surface area contributed by atoms with E-state index in [9.17, 15) is 9.18 Å². The van der Waals surface area contributed by atoms with Crippen LogP contribution in [0.3, 0.4) is 0 Å². The quantitative estimate of drug-likeness (QED) is 0.811. The lowest BCUT2D eigenvalue weighted by molar-refractivity contribution is -0.138. The number of hydrogen-bond donors (Lipinski definition) is 1. The van der Waals surface area contributed by atoms with Gasteiger partial charge in [-0.15, -0.1) is 0 Å². The molecule has 1 saturated carbocycles. The van der Waals surface area contributed by atoms with E-state index in [1.54, 1.807) is 6.07 Å². The van der Waals surface area contributed by atoms with E-state index in [1.807, 2.05) is 24.3 Å². The van der Waals surface area contributed by atoms with Crippen molar-refractivity contribution in [3.8, 4) is 5.75 Å². The summed E-state index contributed by atoms with van der Waals surface area (Å²) in [7, 11) is 0. The van der Waals surface area contributed by atoms with Gasteiger partial charge in [0.05, 0.1) is 5.92 Å². The highest BCUT2D eigenvalue weighted by atomic mass is 79.9. The number of halogens is 2. The smallest absolute Gasteiger partial charge is 0.307 e. The third-order valence-corrected chi connectivity index (χ3v) is 5.66. The summed E-state index contributed by atoms with van der Waals surface area (Å²) in [6, 6.07) is 10.7. The Morgan fingerprint density at radius 3 is 2.62 bits per heavy atom. The summed E-state index contributed by atoms with van der Waals surface area (Å²) in [5, 5.41) is 9.01. The first-order chi connectivity index (χ1) is 11.5. The molecule has 5 heteroatoms. The summed E-state index contributed by atoms with van der Waals surface area (Å²) in [4.78, 5) is 11.0. The van der Waals surface area contributed by atoms with E-state index in [0.717, 1.165) is 28.4 Å². The molecule has 0 aromatic heterocycles. The first-order valence-electron chi connectivity index (χ1n) is 8.01. The molecule has 0 saturated heterocycles. The van der Waals surface area contributed by atoms with Crippen molar-refractivity contribution in [1.82, 2.24) is 0 Å². The number of aliphatic carboxylic acids is 1. The van der Waals surface area contributed by atoms with E-state index in [0.29, 0.717) is 17.7 Å². The van der Waals surface area contributed by atoms with Gasteiger partial charge in [0.1, 0.15) is 17.7 Å². The van der Waals surface area contributed by atoms with Crippen LogP contribution in [0.4, 0.5) is 4.39 Å². The fourth-order valence-electron chi connectivity index (χ4n) is 3.54. The Balaban J connectivity index is 1.50. The molecule has 0 aliphatic heterocycles. The number of fused-ring (bicyclic) bond motifs is 1. The van der Waals surface area contributed by atoms with Crippen LogP contribution in [0.15, 0.2) is 40.9 Å². The molecule has 1 N–H and O–H groups in total. The standard InChI is InChI=1S/C19H16BrFO3/c20-15-6-7-16(21)18-12(15)5-8-17(18)24-11-3-1-10(2-4-11)13-9-14(13)19(22)23/h1-4,6-7,13-14,17H,5,8-9H2,(H,22,23)/t13-,14+,17+/m0/s1. The van der Waals surface area contributed by atoms with Gasteiger partial charge in [0, 0.05) is 10.0 Å². The molecule has 2 aliphatic rings. The molecule has 0 unspecified atom stereocenters. The van der Waals surface area contributed by atoms with Gasteiger partial charge >= 0.3 is 5.97 Å². The van der Waals surface area contributed by atoms with Crippen molar-refractivity contribution < 1.29 is 19.0 Å². The summed E-state index contributed by atoms with van der Waals surface area (Å²) in [6.07, 6.45) is 1.96. The van der Waals surface area contributed by atoms with Gasteiger partial charge in [0.2, 0.25) is 0 Å².